The molecule has 0 atom stereocenters. The summed E-state index contributed by atoms with van der Waals surface area (Å²) in [7, 11) is 0. The third kappa shape index (κ3) is 5.74. The average molecular weight is 624 g/mol. The molecule has 0 amide bonds. The Bertz CT molecular complexity index is 2310. The molecule has 0 spiro atoms. The summed E-state index contributed by atoms with van der Waals surface area (Å²) in [4.78, 5) is 14.1. The van der Waals surface area contributed by atoms with Gasteiger partial charge in [0, 0.05) is 16.7 Å². The minimum Gasteiger partial charge on any atom is -0.208 e. The normalized spacial score (nSPS) is 11.1. The second-order valence-electron chi connectivity index (χ2n) is 11.5. The van der Waals surface area contributed by atoms with Crippen LogP contribution in [0.5, 0.6) is 0 Å². The summed E-state index contributed by atoms with van der Waals surface area (Å²) < 4.78 is 27.4. The third-order valence-electron chi connectivity index (χ3n) is 8.52. The van der Waals surface area contributed by atoms with Crippen LogP contribution in [0.3, 0.4) is 0 Å². The Morgan fingerprint density at radius 3 is 1.00 bits per heavy atom. The van der Waals surface area contributed by atoms with Crippen molar-refractivity contribution in [2.24, 2.45) is 0 Å². The first-order valence-electron chi connectivity index (χ1n) is 15.7. The molecule has 228 valence electrons. The highest BCUT2D eigenvalue weighted by Crippen LogP contribution is 2.37. The molecule has 48 heavy (non-hydrogen) atoms. The van der Waals surface area contributed by atoms with Crippen LogP contribution in [0.15, 0.2) is 164 Å². The fraction of sp³-hybridized carbons (Fsp3) is 0. The highest BCUT2D eigenvalue weighted by atomic mass is 19.1. The predicted molar refractivity (Wildman–Crippen MR) is 190 cm³/mol. The van der Waals surface area contributed by atoms with E-state index in [1.807, 2.05) is 18.2 Å². The molecular weight excluding hydrogens is 596 g/mol. The van der Waals surface area contributed by atoms with Crippen LogP contribution in [0.4, 0.5) is 8.78 Å². The van der Waals surface area contributed by atoms with E-state index in [1.54, 1.807) is 24.3 Å². The summed E-state index contributed by atoms with van der Waals surface area (Å²) in [6.07, 6.45) is 0. The largest absolute Gasteiger partial charge is 0.208 e. The van der Waals surface area contributed by atoms with Crippen LogP contribution in [0.2, 0.25) is 0 Å². The summed E-state index contributed by atoms with van der Waals surface area (Å²) in [5.74, 6) is 0.589. The van der Waals surface area contributed by atoms with Gasteiger partial charge in [0.25, 0.3) is 0 Å². The fourth-order valence-electron chi connectivity index (χ4n) is 6.04. The number of fused-ring (bicyclic) bond motifs is 1. The Morgan fingerprint density at radius 2 is 0.583 bits per heavy atom. The van der Waals surface area contributed by atoms with Crippen LogP contribution in [0.25, 0.3) is 78.3 Å². The standard InChI is InChI=1S/C43H27F2N3/c44-35-22-18-33(19-23-35)42-46-41(47-43(48-42)34-20-24-36(45)25-21-34)32-16-14-31(15-17-32)38-27-26-37(39-8-4-5-9-40(38)39)30-12-10-29(11-13-30)28-6-2-1-3-7-28/h1-27H. The maximum atomic E-state index is 13.7. The molecule has 0 saturated carbocycles. The first-order valence-corrected chi connectivity index (χ1v) is 15.7. The van der Waals surface area contributed by atoms with Crippen LogP contribution in [-0.2, 0) is 0 Å². The first-order chi connectivity index (χ1) is 23.6. The van der Waals surface area contributed by atoms with Crippen LogP contribution in [0, 0.1) is 11.6 Å². The highest BCUT2D eigenvalue weighted by molar-refractivity contribution is 6.05. The number of nitrogens with zero attached hydrogens (tertiary/aromatic N) is 3. The topological polar surface area (TPSA) is 38.7 Å². The summed E-state index contributed by atoms with van der Waals surface area (Å²) in [5.41, 5.74) is 9.02. The van der Waals surface area contributed by atoms with E-state index in [-0.39, 0.29) is 11.6 Å². The summed E-state index contributed by atoms with van der Waals surface area (Å²) in [6, 6.07) is 52.2. The second kappa shape index (κ2) is 12.5. The van der Waals surface area contributed by atoms with Gasteiger partial charge >= 0.3 is 0 Å². The van der Waals surface area contributed by atoms with E-state index in [0.717, 1.165) is 27.6 Å². The molecule has 0 N–H and O–H groups in total. The van der Waals surface area contributed by atoms with Crippen molar-refractivity contribution < 1.29 is 8.78 Å². The Hall–Kier alpha value is -6.33. The molecule has 0 unspecified atom stereocenters. The lowest BCUT2D eigenvalue weighted by Crippen LogP contribution is -2.00. The zero-order valence-electron chi connectivity index (χ0n) is 25.7. The molecule has 0 radical (unpaired) electrons. The molecule has 8 rings (SSSR count). The molecule has 1 aromatic heterocycles. The van der Waals surface area contributed by atoms with E-state index in [4.69, 9.17) is 9.97 Å². The van der Waals surface area contributed by atoms with Gasteiger partial charge in [-0.3, -0.25) is 0 Å². The van der Waals surface area contributed by atoms with Crippen molar-refractivity contribution >= 4 is 10.8 Å². The smallest absolute Gasteiger partial charge is 0.164 e. The van der Waals surface area contributed by atoms with Gasteiger partial charge in [0.1, 0.15) is 11.6 Å². The molecule has 0 fully saturated rings. The van der Waals surface area contributed by atoms with Crippen molar-refractivity contribution in [2.75, 3.05) is 0 Å². The SMILES string of the molecule is Fc1ccc(-c2nc(-c3ccc(F)cc3)nc(-c3ccc(-c4ccc(-c5ccc(-c6ccccc6)cc5)c5ccccc45)cc3)n2)cc1. The van der Waals surface area contributed by atoms with Crippen LogP contribution < -0.4 is 0 Å². The molecule has 8 aromatic rings. The van der Waals surface area contributed by atoms with Gasteiger partial charge in [0.05, 0.1) is 0 Å². The maximum absolute atomic E-state index is 13.7. The Labute approximate surface area is 276 Å². The predicted octanol–water partition coefficient (Wildman–Crippen LogP) is 11.3. The summed E-state index contributed by atoms with van der Waals surface area (Å²) in [6.45, 7) is 0. The third-order valence-corrected chi connectivity index (χ3v) is 8.52. The lowest BCUT2D eigenvalue weighted by atomic mass is 9.91. The molecule has 3 nitrogen and oxygen atoms in total. The van der Waals surface area contributed by atoms with Gasteiger partial charge in [-0.1, -0.05) is 115 Å². The molecule has 0 bridgehead atoms. The van der Waals surface area contributed by atoms with E-state index in [1.165, 1.54) is 46.3 Å². The van der Waals surface area contributed by atoms with Gasteiger partial charge in [-0.15, -0.1) is 0 Å². The van der Waals surface area contributed by atoms with Gasteiger partial charge in [-0.2, -0.15) is 0 Å². The van der Waals surface area contributed by atoms with Crippen LogP contribution >= 0.6 is 0 Å². The number of aromatic nitrogens is 3. The molecule has 0 aliphatic heterocycles. The van der Waals surface area contributed by atoms with Crippen molar-refractivity contribution in [3.8, 4) is 67.5 Å². The number of rotatable bonds is 6. The quantitative estimate of drug-likeness (QED) is 0.185. The second-order valence-corrected chi connectivity index (χ2v) is 11.5. The molecule has 0 aliphatic carbocycles. The number of hydrogen-bond donors (Lipinski definition) is 0. The minimum atomic E-state index is -0.344. The first kappa shape index (κ1) is 29.1. The van der Waals surface area contributed by atoms with Gasteiger partial charge in [0.15, 0.2) is 17.5 Å². The Morgan fingerprint density at radius 1 is 0.271 bits per heavy atom. The van der Waals surface area contributed by atoms with Crippen molar-refractivity contribution in [3.05, 3.63) is 175 Å². The van der Waals surface area contributed by atoms with E-state index >= 15 is 0 Å². The molecule has 0 aliphatic rings. The average Bonchev–Trinajstić information content (AvgIpc) is 3.15. The Balaban J connectivity index is 1.16. The monoisotopic (exact) mass is 623 g/mol. The van der Waals surface area contributed by atoms with E-state index in [0.29, 0.717) is 28.6 Å². The molecule has 5 heteroatoms. The molecular formula is C43H27F2N3. The van der Waals surface area contributed by atoms with Gasteiger partial charge in [0.2, 0.25) is 0 Å². The highest BCUT2D eigenvalue weighted by Gasteiger charge is 2.14. The summed E-state index contributed by atoms with van der Waals surface area (Å²) in [5, 5.41) is 2.34. The minimum absolute atomic E-state index is 0.344. The van der Waals surface area contributed by atoms with Crippen LogP contribution in [0.1, 0.15) is 0 Å². The lowest BCUT2D eigenvalue weighted by molar-refractivity contribution is 0.627. The fourth-order valence-corrected chi connectivity index (χ4v) is 6.04. The molecule has 1 heterocycles. The van der Waals surface area contributed by atoms with Crippen molar-refractivity contribution in [1.82, 2.24) is 15.0 Å². The van der Waals surface area contributed by atoms with Crippen molar-refractivity contribution in [1.29, 1.82) is 0 Å². The van der Waals surface area contributed by atoms with Crippen molar-refractivity contribution in [3.63, 3.8) is 0 Å². The van der Waals surface area contributed by atoms with E-state index < -0.39 is 0 Å². The van der Waals surface area contributed by atoms with Crippen molar-refractivity contribution in [2.45, 2.75) is 0 Å². The van der Waals surface area contributed by atoms with Crippen LogP contribution in [-0.4, -0.2) is 15.0 Å². The number of benzene rings is 7. The zero-order valence-corrected chi connectivity index (χ0v) is 25.7. The van der Waals surface area contributed by atoms with Gasteiger partial charge in [-0.05, 0) is 92.7 Å². The Kier molecular flexibility index (Phi) is 7.55. The molecule has 7 aromatic carbocycles. The maximum Gasteiger partial charge on any atom is 0.164 e. The van der Waals surface area contributed by atoms with E-state index in [9.17, 15) is 8.78 Å². The zero-order chi connectivity index (χ0) is 32.5. The summed E-state index contributed by atoms with van der Waals surface area (Å²) >= 11 is 0. The van der Waals surface area contributed by atoms with Gasteiger partial charge < -0.3 is 0 Å². The number of hydrogen-bond acceptors (Lipinski definition) is 3. The lowest BCUT2D eigenvalue weighted by Gasteiger charge is -2.13. The molecule has 0 saturated heterocycles. The number of halogens is 2. The van der Waals surface area contributed by atoms with E-state index in [2.05, 4.69) is 102 Å². The van der Waals surface area contributed by atoms with Gasteiger partial charge in [-0.25, -0.2) is 23.7 Å².